The number of nitrogen functional groups attached to an aromatic ring is 1. The number of para-hydroxylation sites is 1. The zero-order valence-electron chi connectivity index (χ0n) is 20.0. The van der Waals surface area contributed by atoms with E-state index in [1.54, 1.807) is 4.68 Å². The number of hydrogen-bond donors (Lipinski definition) is 2. The molecule has 0 saturated carbocycles. The minimum atomic E-state index is -0.642. The lowest BCUT2D eigenvalue weighted by atomic mass is 9.94. The number of fused-ring (bicyclic) bond motifs is 1. The molecular weight excluding hydrogens is 460 g/mol. The summed E-state index contributed by atoms with van der Waals surface area (Å²) in [5.74, 6) is 5.91. The molecule has 5 rings (SSSR count). The number of ether oxygens (including phenoxy) is 1. The van der Waals surface area contributed by atoms with Crippen LogP contribution in [0.2, 0.25) is 0 Å². The molecule has 1 aliphatic rings. The van der Waals surface area contributed by atoms with E-state index in [0.29, 0.717) is 36.0 Å². The Morgan fingerprint density at radius 2 is 1.83 bits per heavy atom. The van der Waals surface area contributed by atoms with Gasteiger partial charge in [0.15, 0.2) is 5.82 Å². The molecule has 36 heavy (non-hydrogen) atoms. The van der Waals surface area contributed by atoms with Gasteiger partial charge in [-0.05, 0) is 61.1 Å². The molecule has 0 spiro atoms. The normalized spacial score (nSPS) is 15.0. The molecule has 0 radical (unpaired) electrons. The Morgan fingerprint density at radius 1 is 1.08 bits per heavy atom. The van der Waals surface area contributed by atoms with Crippen molar-refractivity contribution < 1.29 is 13.5 Å². The smallest absolute Gasteiger partial charge is 0.153 e. The van der Waals surface area contributed by atoms with Crippen LogP contribution in [0, 0.1) is 29.4 Å². The van der Waals surface area contributed by atoms with E-state index in [1.165, 1.54) is 12.1 Å². The lowest BCUT2D eigenvalue weighted by molar-refractivity contribution is 0.0807. The van der Waals surface area contributed by atoms with Gasteiger partial charge in [-0.1, -0.05) is 18.1 Å². The van der Waals surface area contributed by atoms with Crippen LogP contribution in [-0.4, -0.2) is 28.0 Å². The summed E-state index contributed by atoms with van der Waals surface area (Å²) < 4.78 is 34.8. The van der Waals surface area contributed by atoms with Gasteiger partial charge in [0.1, 0.15) is 17.3 Å². The van der Waals surface area contributed by atoms with Crippen molar-refractivity contribution in [2.75, 3.05) is 18.9 Å². The summed E-state index contributed by atoms with van der Waals surface area (Å²) in [6.07, 6.45) is 1.99. The largest absolute Gasteiger partial charge is 0.382 e. The van der Waals surface area contributed by atoms with Gasteiger partial charge in [0.25, 0.3) is 0 Å². The average molecular weight is 488 g/mol. The van der Waals surface area contributed by atoms with Gasteiger partial charge in [0.2, 0.25) is 0 Å². The topological polar surface area (TPSA) is 92.0 Å². The summed E-state index contributed by atoms with van der Waals surface area (Å²) in [5.41, 5.74) is 16.9. The fraction of sp³-hybridized carbons (Fsp3) is 0.286. The van der Waals surface area contributed by atoms with Crippen molar-refractivity contribution in [3.63, 3.8) is 0 Å². The third-order valence-corrected chi connectivity index (χ3v) is 6.46. The first-order valence-electron chi connectivity index (χ1n) is 11.9. The Balaban J connectivity index is 1.59. The van der Waals surface area contributed by atoms with Crippen LogP contribution < -0.4 is 11.5 Å². The van der Waals surface area contributed by atoms with Crippen molar-refractivity contribution in [1.29, 1.82) is 0 Å². The zero-order valence-corrected chi connectivity index (χ0v) is 20.0. The highest BCUT2D eigenvalue weighted by Crippen LogP contribution is 2.35. The van der Waals surface area contributed by atoms with Gasteiger partial charge in [-0.15, -0.1) is 0 Å². The molecule has 184 valence electrons. The maximum absolute atomic E-state index is 13.8. The molecule has 1 fully saturated rings. The number of halogens is 2. The molecule has 8 heteroatoms. The monoisotopic (exact) mass is 487 g/mol. The molecule has 1 saturated heterocycles. The van der Waals surface area contributed by atoms with Crippen molar-refractivity contribution in [1.82, 2.24) is 14.8 Å². The van der Waals surface area contributed by atoms with Gasteiger partial charge < -0.3 is 16.2 Å². The molecule has 1 aliphatic heterocycles. The maximum Gasteiger partial charge on any atom is 0.153 e. The number of hydrogen-bond acceptors (Lipinski definition) is 5. The fourth-order valence-electron chi connectivity index (χ4n) is 4.73. The van der Waals surface area contributed by atoms with E-state index in [2.05, 4.69) is 16.9 Å². The van der Waals surface area contributed by atoms with Gasteiger partial charge in [0, 0.05) is 48.8 Å². The molecule has 3 heterocycles. The van der Waals surface area contributed by atoms with Crippen LogP contribution in [0.4, 0.5) is 14.6 Å². The Hall–Kier alpha value is -3.80. The van der Waals surface area contributed by atoms with Crippen LogP contribution in [0.25, 0.3) is 22.0 Å². The van der Waals surface area contributed by atoms with Crippen molar-refractivity contribution in [3.8, 4) is 23.0 Å². The summed E-state index contributed by atoms with van der Waals surface area (Å²) in [4.78, 5) is 4.84. The first-order chi connectivity index (χ1) is 17.4. The van der Waals surface area contributed by atoms with E-state index in [0.717, 1.165) is 40.9 Å². The van der Waals surface area contributed by atoms with Crippen LogP contribution in [-0.2, 0) is 18.2 Å². The van der Waals surface area contributed by atoms with E-state index in [4.69, 9.17) is 21.2 Å². The summed E-state index contributed by atoms with van der Waals surface area (Å²) in [6, 6.07) is 12.4. The first-order valence-corrected chi connectivity index (χ1v) is 11.9. The van der Waals surface area contributed by atoms with E-state index in [9.17, 15) is 8.78 Å². The number of nitrogens with zero attached hydrogens (tertiary/aromatic N) is 3. The highest BCUT2D eigenvalue weighted by Gasteiger charge is 2.20. The summed E-state index contributed by atoms with van der Waals surface area (Å²) in [7, 11) is 1.83. The van der Waals surface area contributed by atoms with Gasteiger partial charge in [-0.25, -0.2) is 13.8 Å². The Bertz CT molecular complexity index is 1460. The molecule has 1 atom stereocenters. The van der Waals surface area contributed by atoms with Crippen molar-refractivity contribution >= 4 is 16.7 Å². The lowest BCUT2D eigenvalue weighted by Gasteiger charge is -2.18. The number of nitrogens with two attached hydrogens (primary N) is 2. The number of rotatable bonds is 4. The van der Waals surface area contributed by atoms with Gasteiger partial charge >= 0.3 is 0 Å². The first kappa shape index (κ1) is 23.9. The van der Waals surface area contributed by atoms with E-state index in [1.807, 2.05) is 37.4 Å². The molecule has 4 N–H and O–H groups in total. The molecule has 0 aliphatic carbocycles. The molecule has 4 aromatic rings. The van der Waals surface area contributed by atoms with Crippen LogP contribution in [0.3, 0.4) is 0 Å². The third kappa shape index (κ3) is 4.94. The van der Waals surface area contributed by atoms with Crippen molar-refractivity contribution in [3.05, 3.63) is 77.1 Å². The molecule has 0 bridgehead atoms. The summed E-state index contributed by atoms with van der Waals surface area (Å²) in [6.45, 7) is 1.42. The Morgan fingerprint density at radius 3 is 2.58 bits per heavy atom. The number of benzene rings is 2. The second-order valence-electron chi connectivity index (χ2n) is 9.08. The SMILES string of the molecule is Cn1nc(N)c2cccc(-c3ccc(C#CC4CCOCC4)nc3C(N)Cc3cc(F)cc(F)c3)c21. The predicted molar refractivity (Wildman–Crippen MR) is 136 cm³/mol. The predicted octanol–water partition coefficient (Wildman–Crippen LogP) is 4.52. The van der Waals surface area contributed by atoms with Gasteiger partial charge in [-0.2, -0.15) is 5.10 Å². The molecule has 0 amide bonds. The zero-order chi connectivity index (χ0) is 25.2. The lowest BCUT2D eigenvalue weighted by Crippen LogP contribution is -2.17. The number of anilines is 1. The van der Waals surface area contributed by atoms with Gasteiger partial charge in [-0.3, -0.25) is 4.68 Å². The molecule has 2 aromatic heterocycles. The van der Waals surface area contributed by atoms with E-state index < -0.39 is 17.7 Å². The summed E-state index contributed by atoms with van der Waals surface area (Å²) in [5, 5.41) is 5.19. The van der Waals surface area contributed by atoms with Gasteiger partial charge in [0.05, 0.1) is 17.3 Å². The van der Waals surface area contributed by atoms with E-state index >= 15 is 0 Å². The summed E-state index contributed by atoms with van der Waals surface area (Å²) >= 11 is 0. The van der Waals surface area contributed by atoms with Crippen LogP contribution in [0.15, 0.2) is 48.5 Å². The highest BCUT2D eigenvalue weighted by molar-refractivity contribution is 6.00. The second-order valence-corrected chi connectivity index (χ2v) is 9.08. The standard InChI is InChI=1S/C28H27F2N5O/c1-35-27-23(3-2-4-24(27)28(32)34-35)22-8-7-21(6-5-17-9-11-36-12-10-17)33-26(22)25(31)15-18-13-19(29)16-20(30)14-18/h2-4,7-8,13-14,16-17,25H,9-12,15,31H2,1H3,(H2,32,34). The fourth-order valence-corrected chi connectivity index (χ4v) is 4.73. The second kappa shape index (κ2) is 10.1. The number of aryl methyl sites for hydroxylation is 1. The Labute approximate surface area is 208 Å². The maximum atomic E-state index is 13.8. The molecule has 6 nitrogen and oxygen atoms in total. The molecule has 1 unspecified atom stereocenters. The van der Waals surface area contributed by atoms with Crippen LogP contribution in [0.5, 0.6) is 0 Å². The molecule has 2 aromatic carbocycles. The van der Waals surface area contributed by atoms with Crippen molar-refractivity contribution in [2.24, 2.45) is 18.7 Å². The minimum Gasteiger partial charge on any atom is -0.382 e. The van der Waals surface area contributed by atoms with Crippen LogP contribution >= 0.6 is 0 Å². The third-order valence-electron chi connectivity index (χ3n) is 6.46. The minimum absolute atomic E-state index is 0.203. The Kier molecular flexibility index (Phi) is 6.68. The quantitative estimate of drug-likeness (QED) is 0.413. The average Bonchev–Trinajstić information content (AvgIpc) is 3.16. The number of aromatic nitrogens is 3. The molecular formula is C28H27F2N5O. The van der Waals surface area contributed by atoms with E-state index in [-0.39, 0.29) is 12.3 Å². The van der Waals surface area contributed by atoms with Crippen molar-refractivity contribution in [2.45, 2.75) is 25.3 Å². The number of pyridine rings is 1. The van der Waals surface area contributed by atoms with Crippen LogP contribution in [0.1, 0.15) is 35.8 Å². The highest BCUT2D eigenvalue weighted by atomic mass is 19.1.